The van der Waals surface area contributed by atoms with Gasteiger partial charge in [-0.25, -0.2) is 4.39 Å². The van der Waals surface area contributed by atoms with Gasteiger partial charge in [-0.05, 0) is 17.7 Å². The molecule has 2 amide bonds. The lowest BCUT2D eigenvalue weighted by atomic mass is 10.1. The first-order valence-corrected chi connectivity index (χ1v) is 5.04. The molecular weight excluding hydrogens is 241 g/mol. The number of hydrogen-bond donors (Lipinski definition) is 1. The van der Waals surface area contributed by atoms with Gasteiger partial charge >= 0.3 is 5.97 Å². The zero-order valence-corrected chi connectivity index (χ0v) is 9.09. The molecule has 0 fully saturated rings. The lowest BCUT2D eigenvalue weighted by Gasteiger charge is -2.11. The number of nitrogens with zero attached hydrogens (tertiary/aromatic N) is 1. The van der Waals surface area contributed by atoms with E-state index in [9.17, 15) is 18.8 Å². The van der Waals surface area contributed by atoms with Gasteiger partial charge in [0.1, 0.15) is 12.4 Å². The second-order valence-corrected chi connectivity index (χ2v) is 3.69. The Morgan fingerprint density at radius 3 is 2.39 bits per heavy atom. The lowest BCUT2D eigenvalue weighted by molar-refractivity contribution is -0.147. The molecule has 0 bridgehead atoms. The Hall–Kier alpha value is -2.50. The van der Waals surface area contributed by atoms with E-state index in [0.29, 0.717) is 10.5 Å². The summed E-state index contributed by atoms with van der Waals surface area (Å²) in [6.07, 6.45) is 1.05. The van der Waals surface area contributed by atoms with Crippen molar-refractivity contribution in [2.24, 2.45) is 0 Å². The minimum atomic E-state index is -1.27. The summed E-state index contributed by atoms with van der Waals surface area (Å²) in [4.78, 5) is 34.4. The van der Waals surface area contributed by atoms with Gasteiger partial charge in [0.15, 0.2) is 0 Å². The van der Waals surface area contributed by atoms with Crippen molar-refractivity contribution in [2.75, 3.05) is 6.54 Å². The molecule has 0 saturated carbocycles. The molecule has 0 radical (unpaired) electrons. The molecule has 2 rings (SSSR count). The number of carboxylic acid groups (broad SMARTS) is 1. The SMILES string of the molecule is O=C(O)CN1C(=O)C=C(c2ccc(F)cc2)C1=O. The van der Waals surface area contributed by atoms with Crippen molar-refractivity contribution in [1.82, 2.24) is 4.90 Å². The number of hydrogen-bond acceptors (Lipinski definition) is 3. The normalized spacial score (nSPS) is 14.9. The van der Waals surface area contributed by atoms with Gasteiger partial charge in [0.05, 0.1) is 5.57 Å². The smallest absolute Gasteiger partial charge is 0.323 e. The van der Waals surface area contributed by atoms with E-state index in [1.165, 1.54) is 12.1 Å². The molecule has 1 aromatic carbocycles. The quantitative estimate of drug-likeness (QED) is 0.798. The van der Waals surface area contributed by atoms with Crippen LogP contribution in [0.1, 0.15) is 5.56 Å². The molecule has 0 unspecified atom stereocenters. The van der Waals surface area contributed by atoms with Crippen molar-refractivity contribution in [3.63, 3.8) is 0 Å². The van der Waals surface area contributed by atoms with Crippen molar-refractivity contribution in [1.29, 1.82) is 0 Å². The molecule has 1 aromatic rings. The van der Waals surface area contributed by atoms with Crippen LogP contribution in [0.4, 0.5) is 4.39 Å². The molecule has 5 nitrogen and oxygen atoms in total. The van der Waals surface area contributed by atoms with Crippen LogP contribution in [0.3, 0.4) is 0 Å². The summed E-state index contributed by atoms with van der Waals surface area (Å²) in [5.41, 5.74) is 0.448. The van der Waals surface area contributed by atoms with Crippen molar-refractivity contribution >= 4 is 23.4 Å². The predicted molar refractivity (Wildman–Crippen MR) is 58.7 cm³/mol. The third-order valence-corrected chi connectivity index (χ3v) is 2.46. The molecule has 92 valence electrons. The highest BCUT2D eigenvalue weighted by molar-refractivity contribution is 6.33. The molecule has 0 atom stereocenters. The van der Waals surface area contributed by atoms with Gasteiger partial charge in [-0.1, -0.05) is 12.1 Å². The average Bonchev–Trinajstić information content (AvgIpc) is 2.58. The van der Waals surface area contributed by atoms with Crippen LogP contribution in [-0.2, 0) is 14.4 Å². The van der Waals surface area contributed by atoms with Crippen LogP contribution in [0.25, 0.3) is 5.57 Å². The van der Waals surface area contributed by atoms with Crippen molar-refractivity contribution in [3.05, 3.63) is 41.7 Å². The molecule has 1 aliphatic rings. The molecule has 0 spiro atoms. The van der Waals surface area contributed by atoms with Crippen LogP contribution >= 0.6 is 0 Å². The van der Waals surface area contributed by atoms with Gasteiger partial charge in [-0.2, -0.15) is 0 Å². The number of aliphatic carboxylic acids is 1. The first kappa shape index (κ1) is 12.0. The largest absolute Gasteiger partial charge is 0.480 e. The number of carbonyl (C=O) groups is 3. The predicted octanol–water partition coefficient (Wildman–Crippen LogP) is 0.663. The maximum atomic E-state index is 12.7. The van der Waals surface area contributed by atoms with Gasteiger partial charge in [0.2, 0.25) is 0 Å². The second kappa shape index (κ2) is 4.40. The van der Waals surface area contributed by atoms with Crippen LogP contribution in [0.15, 0.2) is 30.3 Å². The zero-order chi connectivity index (χ0) is 13.3. The highest BCUT2D eigenvalue weighted by Crippen LogP contribution is 2.23. The molecule has 1 aliphatic heterocycles. The van der Waals surface area contributed by atoms with Gasteiger partial charge in [0.25, 0.3) is 11.8 Å². The fraction of sp³-hybridized carbons (Fsp3) is 0.0833. The molecule has 1 heterocycles. The van der Waals surface area contributed by atoms with E-state index < -0.39 is 30.1 Å². The fourth-order valence-electron chi connectivity index (χ4n) is 1.63. The summed E-state index contributed by atoms with van der Waals surface area (Å²) < 4.78 is 12.7. The minimum absolute atomic E-state index is 0.0706. The van der Waals surface area contributed by atoms with Crippen molar-refractivity contribution in [3.8, 4) is 0 Å². The molecule has 1 N–H and O–H groups in total. The lowest BCUT2D eigenvalue weighted by Crippen LogP contribution is -2.35. The topological polar surface area (TPSA) is 74.7 Å². The monoisotopic (exact) mass is 249 g/mol. The van der Waals surface area contributed by atoms with E-state index in [1.807, 2.05) is 0 Å². The minimum Gasteiger partial charge on any atom is -0.480 e. The summed E-state index contributed by atoms with van der Waals surface area (Å²) in [5.74, 6) is -3.10. The van der Waals surface area contributed by atoms with Crippen molar-refractivity contribution in [2.45, 2.75) is 0 Å². The molecule has 0 saturated heterocycles. The molecule has 0 aliphatic carbocycles. The summed E-state index contributed by atoms with van der Waals surface area (Å²) in [6, 6.07) is 5.04. The number of carboxylic acids is 1. The Morgan fingerprint density at radius 2 is 1.83 bits per heavy atom. The van der Waals surface area contributed by atoms with Crippen LogP contribution in [0.5, 0.6) is 0 Å². The number of rotatable bonds is 3. The number of amides is 2. The third kappa shape index (κ3) is 2.13. The first-order valence-electron chi connectivity index (χ1n) is 5.04. The zero-order valence-electron chi connectivity index (χ0n) is 9.09. The Morgan fingerprint density at radius 1 is 1.22 bits per heavy atom. The molecule has 0 aromatic heterocycles. The summed E-state index contributed by atoms with van der Waals surface area (Å²) in [7, 11) is 0. The van der Waals surface area contributed by atoms with Gasteiger partial charge < -0.3 is 5.11 Å². The van der Waals surface area contributed by atoms with E-state index in [1.54, 1.807) is 0 Å². The summed E-state index contributed by atoms with van der Waals surface area (Å²) in [5, 5.41) is 8.58. The number of benzene rings is 1. The van der Waals surface area contributed by atoms with E-state index in [-0.39, 0.29) is 5.57 Å². The van der Waals surface area contributed by atoms with Crippen LogP contribution < -0.4 is 0 Å². The first-order chi connectivity index (χ1) is 8.49. The number of carbonyl (C=O) groups excluding carboxylic acids is 2. The Labute approximate surface area is 101 Å². The van der Waals surface area contributed by atoms with E-state index in [2.05, 4.69) is 0 Å². The Kier molecular flexibility index (Phi) is 2.93. The third-order valence-electron chi connectivity index (χ3n) is 2.46. The van der Waals surface area contributed by atoms with Crippen LogP contribution in [-0.4, -0.2) is 34.3 Å². The standard InChI is InChI=1S/C12H8FNO4/c13-8-3-1-7(2-4-8)9-5-10(15)14(12(9)18)6-11(16)17/h1-5H,6H2,(H,16,17). The van der Waals surface area contributed by atoms with E-state index >= 15 is 0 Å². The van der Waals surface area contributed by atoms with Gasteiger partial charge in [-0.3, -0.25) is 19.3 Å². The fourth-order valence-corrected chi connectivity index (χ4v) is 1.63. The Bertz CT molecular complexity index is 562. The maximum Gasteiger partial charge on any atom is 0.323 e. The highest BCUT2D eigenvalue weighted by atomic mass is 19.1. The van der Waals surface area contributed by atoms with E-state index in [4.69, 9.17) is 5.11 Å². The van der Waals surface area contributed by atoms with E-state index in [0.717, 1.165) is 18.2 Å². The number of imide groups is 1. The summed E-state index contributed by atoms with van der Waals surface area (Å²) >= 11 is 0. The molecule has 18 heavy (non-hydrogen) atoms. The Balaban J connectivity index is 2.29. The number of halogens is 1. The van der Waals surface area contributed by atoms with Crippen LogP contribution in [0.2, 0.25) is 0 Å². The average molecular weight is 249 g/mol. The molecule has 6 heteroatoms. The molecular formula is C12H8FNO4. The van der Waals surface area contributed by atoms with Gasteiger partial charge in [-0.15, -0.1) is 0 Å². The van der Waals surface area contributed by atoms with Crippen molar-refractivity contribution < 1.29 is 23.9 Å². The maximum absolute atomic E-state index is 12.7. The van der Waals surface area contributed by atoms with Crippen LogP contribution in [0, 0.1) is 5.82 Å². The van der Waals surface area contributed by atoms with Gasteiger partial charge in [0, 0.05) is 6.08 Å². The second-order valence-electron chi connectivity index (χ2n) is 3.69. The summed E-state index contributed by atoms with van der Waals surface area (Å²) in [6.45, 7) is -0.682. The highest BCUT2D eigenvalue weighted by Gasteiger charge is 2.32.